The minimum absolute atomic E-state index is 0.0475. The molecule has 1 amide bonds. The maximum Gasteiger partial charge on any atom is 0.240 e. The molecule has 6 heteroatoms. The molecule has 0 saturated carbocycles. The third-order valence-corrected chi connectivity index (χ3v) is 7.84. The minimum Gasteiger partial charge on any atom is -0.341 e. The van der Waals surface area contributed by atoms with E-state index in [0.29, 0.717) is 12.5 Å². The Morgan fingerprint density at radius 3 is 2.38 bits per heavy atom. The van der Waals surface area contributed by atoms with Crippen molar-refractivity contribution >= 4 is 17.5 Å². The second-order valence-electron chi connectivity index (χ2n) is 10.1. The molecule has 2 aliphatic rings. The molecule has 34 heavy (non-hydrogen) atoms. The van der Waals surface area contributed by atoms with Gasteiger partial charge in [0.2, 0.25) is 5.91 Å². The lowest BCUT2D eigenvalue weighted by Crippen LogP contribution is -2.58. The monoisotopic (exact) mass is 482 g/mol. The van der Waals surface area contributed by atoms with Crippen LogP contribution in [0.5, 0.6) is 0 Å². The van der Waals surface area contributed by atoms with Crippen LogP contribution >= 0.6 is 11.6 Å². The lowest BCUT2D eigenvalue weighted by molar-refractivity contribution is -0.136. The normalized spacial score (nSPS) is 18.8. The van der Waals surface area contributed by atoms with Crippen LogP contribution in [0.25, 0.3) is 0 Å². The summed E-state index contributed by atoms with van der Waals surface area (Å²) < 4.78 is 0. The molecule has 0 radical (unpaired) electrons. The molecule has 184 valence electrons. The maximum atomic E-state index is 13.7. The van der Waals surface area contributed by atoms with E-state index in [9.17, 15) is 4.79 Å². The van der Waals surface area contributed by atoms with Gasteiger partial charge in [-0.15, -0.1) is 0 Å². The zero-order valence-electron chi connectivity index (χ0n) is 20.8. The first kappa shape index (κ1) is 25.2. The average molecular weight is 483 g/mol. The molecule has 0 aromatic heterocycles. The number of hydrogen-bond acceptors (Lipinski definition) is 4. The first-order valence-corrected chi connectivity index (χ1v) is 13.1. The number of nitrogens with zero attached hydrogens (tertiary/aromatic N) is 2. The first-order valence-electron chi connectivity index (χ1n) is 12.7. The minimum atomic E-state index is -0.236. The van der Waals surface area contributed by atoms with Gasteiger partial charge in [0.25, 0.3) is 0 Å². The maximum absolute atomic E-state index is 13.7. The third kappa shape index (κ3) is 5.65. The largest absolute Gasteiger partial charge is 0.341 e. The zero-order chi connectivity index (χ0) is 24.1. The van der Waals surface area contributed by atoms with Crippen molar-refractivity contribution in [3.63, 3.8) is 0 Å². The van der Waals surface area contributed by atoms with E-state index in [2.05, 4.69) is 65.6 Å². The number of piperidine rings is 1. The van der Waals surface area contributed by atoms with Crippen molar-refractivity contribution in [1.29, 1.82) is 0 Å². The number of carbonyl (C=O) groups excluding carboxylic acids is 1. The van der Waals surface area contributed by atoms with Crippen molar-refractivity contribution in [2.45, 2.75) is 57.2 Å². The number of rotatable bonds is 8. The molecule has 2 aromatic carbocycles. The van der Waals surface area contributed by atoms with E-state index in [-0.39, 0.29) is 17.5 Å². The summed E-state index contributed by atoms with van der Waals surface area (Å²) in [5.41, 5.74) is 4.11. The SMILES string of the molecule is CC(C)NCCN[C@H](Cc1ccc(Cl)cc1)C(=O)N1CCC2(CC1)c1ccccc1CCN2C. The molecule has 2 N–H and O–H groups in total. The number of benzene rings is 2. The number of halogens is 1. The van der Waals surface area contributed by atoms with E-state index >= 15 is 0 Å². The molecule has 2 aromatic rings. The summed E-state index contributed by atoms with van der Waals surface area (Å²) in [5, 5.41) is 7.69. The van der Waals surface area contributed by atoms with E-state index in [1.54, 1.807) is 0 Å². The number of nitrogens with one attached hydrogen (secondary N) is 2. The highest BCUT2D eigenvalue weighted by Gasteiger charge is 2.44. The van der Waals surface area contributed by atoms with E-state index in [4.69, 9.17) is 11.6 Å². The smallest absolute Gasteiger partial charge is 0.240 e. The van der Waals surface area contributed by atoms with Gasteiger partial charge in [0.1, 0.15) is 0 Å². The molecule has 4 rings (SSSR count). The van der Waals surface area contributed by atoms with Gasteiger partial charge in [-0.05, 0) is 61.6 Å². The van der Waals surface area contributed by atoms with Crippen molar-refractivity contribution < 1.29 is 4.79 Å². The highest BCUT2D eigenvalue weighted by molar-refractivity contribution is 6.30. The van der Waals surface area contributed by atoms with Crippen LogP contribution in [0.3, 0.4) is 0 Å². The van der Waals surface area contributed by atoms with Gasteiger partial charge in [0.05, 0.1) is 6.04 Å². The summed E-state index contributed by atoms with van der Waals surface area (Å²) in [6.07, 6.45) is 3.74. The number of likely N-dealkylation sites (N-methyl/N-ethyl adjacent to an activating group) is 1. The van der Waals surface area contributed by atoms with Gasteiger partial charge in [0.15, 0.2) is 0 Å². The predicted octanol–water partition coefficient (Wildman–Crippen LogP) is 3.84. The van der Waals surface area contributed by atoms with Crippen LogP contribution in [0.4, 0.5) is 0 Å². The van der Waals surface area contributed by atoms with Crippen LogP contribution in [0.1, 0.15) is 43.4 Å². The molecule has 0 bridgehead atoms. The first-order chi connectivity index (χ1) is 16.4. The molecular formula is C28H39ClN4O. The summed E-state index contributed by atoms with van der Waals surface area (Å²) >= 11 is 6.08. The Morgan fingerprint density at radius 2 is 1.68 bits per heavy atom. The second kappa shape index (κ2) is 11.2. The number of likely N-dealkylation sites (tertiary alicyclic amines) is 1. The van der Waals surface area contributed by atoms with Crippen molar-refractivity contribution in [2.75, 3.05) is 39.8 Å². The van der Waals surface area contributed by atoms with Crippen LogP contribution in [0.15, 0.2) is 48.5 Å². The van der Waals surface area contributed by atoms with E-state index in [1.165, 1.54) is 11.1 Å². The molecule has 1 fully saturated rings. The Kier molecular flexibility index (Phi) is 8.30. The highest BCUT2D eigenvalue weighted by Crippen LogP contribution is 2.42. The molecule has 5 nitrogen and oxygen atoms in total. The summed E-state index contributed by atoms with van der Waals surface area (Å²) in [6.45, 7) is 8.54. The van der Waals surface area contributed by atoms with E-state index < -0.39 is 0 Å². The summed E-state index contributed by atoms with van der Waals surface area (Å²) in [4.78, 5) is 18.3. The lowest BCUT2D eigenvalue weighted by atomic mass is 9.74. The van der Waals surface area contributed by atoms with Crippen LogP contribution in [-0.2, 0) is 23.2 Å². The number of amides is 1. The predicted molar refractivity (Wildman–Crippen MR) is 140 cm³/mol. The standard InChI is InChI=1S/C28H39ClN4O/c1-21(2)30-15-16-31-26(20-22-8-10-24(29)11-9-22)27(34)33-18-13-28(14-19-33)25-7-5-4-6-23(25)12-17-32(28)3/h4-11,21,26,30-31H,12-20H2,1-3H3/t26-/m1/s1. The molecule has 2 aliphatic heterocycles. The fourth-order valence-corrected chi connectivity index (χ4v) is 5.70. The van der Waals surface area contributed by atoms with Crippen molar-refractivity contribution in [3.05, 3.63) is 70.2 Å². The second-order valence-corrected chi connectivity index (χ2v) is 10.6. The van der Waals surface area contributed by atoms with Gasteiger partial charge in [-0.2, -0.15) is 0 Å². The Morgan fingerprint density at radius 1 is 1.00 bits per heavy atom. The summed E-state index contributed by atoms with van der Waals surface area (Å²) in [6, 6.07) is 16.9. The van der Waals surface area contributed by atoms with Crippen LogP contribution in [-0.4, -0.2) is 67.6 Å². The van der Waals surface area contributed by atoms with E-state index in [0.717, 1.165) is 62.6 Å². The Labute approximate surface area is 209 Å². The fourth-order valence-electron chi connectivity index (χ4n) is 5.58. The van der Waals surface area contributed by atoms with Gasteiger partial charge in [0, 0.05) is 49.3 Å². The van der Waals surface area contributed by atoms with Gasteiger partial charge >= 0.3 is 0 Å². The zero-order valence-corrected chi connectivity index (χ0v) is 21.6. The molecule has 2 heterocycles. The van der Waals surface area contributed by atoms with Crippen molar-refractivity contribution in [2.24, 2.45) is 0 Å². The fraction of sp³-hybridized carbons (Fsp3) is 0.536. The summed E-state index contributed by atoms with van der Waals surface area (Å²) in [5.74, 6) is 0.209. The lowest BCUT2D eigenvalue weighted by Gasteiger charge is -2.51. The van der Waals surface area contributed by atoms with Crippen molar-refractivity contribution in [1.82, 2.24) is 20.4 Å². The van der Waals surface area contributed by atoms with Crippen LogP contribution in [0, 0.1) is 0 Å². The van der Waals surface area contributed by atoms with Gasteiger partial charge in [-0.1, -0.05) is 61.8 Å². The van der Waals surface area contributed by atoms with Crippen molar-refractivity contribution in [3.8, 4) is 0 Å². The molecule has 0 unspecified atom stereocenters. The number of carbonyl (C=O) groups is 1. The average Bonchev–Trinajstić information content (AvgIpc) is 2.85. The Balaban J connectivity index is 1.45. The topological polar surface area (TPSA) is 47.6 Å². The van der Waals surface area contributed by atoms with E-state index in [1.807, 2.05) is 24.3 Å². The third-order valence-electron chi connectivity index (χ3n) is 7.59. The van der Waals surface area contributed by atoms with Gasteiger partial charge < -0.3 is 15.5 Å². The molecule has 1 saturated heterocycles. The van der Waals surface area contributed by atoms with Crippen LogP contribution < -0.4 is 10.6 Å². The Bertz CT molecular complexity index is 953. The van der Waals surface area contributed by atoms with Gasteiger partial charge in [-0.3, -0.25) is 9.69 Å². The molecule has 1 atom stereocenters. The highest BCUT2D eigenvalue weighted by atomic mass is 35.5. The number of fused-ring (bicyclic) bond motifs is 2. The molecule has 1 spiro atoms. The molecular weight excluding hydrogens is 444 g/mol. The Hall–Kier alpha value is -1.92. The van der Waals surface area contributed by atoms with Gasteiger partial charge in [-0.25, -0.2) is 0 Å². The molecule has 0 aliphatic carbocycles. The quantitative estimate of drug-likeness (QED) is 0.561. The number of hydrogen-bond donors (Lipinski definition) is 2. The van der Waals surface area contributed by atoms with Crippen LogP contribution in [0.2, 0.25) is 5.02 Å². The summed E-state index contributed by atoms with van der Waals surface area (Å²) in [7, 11) is 2.25.